The van der Waals surface area contributed by atoms with E-state index in [4.69, 9.17) is 4.99 Å². The number of amides is 1. The minimum absolute atomic E-state index is 0.0101. The van der Waals surface area contributed by atoms with Crippen LogP contribution >= 0.6 is 0 Å². The summed E-state index contributed by atoms with van der Waals surface area (Å²) >= 11 is 0. The molecule has 2 aromatic rings. The van der Waals surface area contributed by atoms with Crippen molar-refractivity contribution in [2.75, 3.05) is 36.0 Å². The Hall–Kier alpha value is -3.61. The van der Waals surface area contributed by atoms with Gasteiger partial charge in [0.15, 0.2) is 0 Å². The van der Waals surface area contributed by atoms with Gasteiger partial charge in [-0.05, 0) is 67.0 Å². The summed E-state index contributed by atoms with van der Waals surface area (Å²) in [7, 11) is 0. The Morgan fingerprint density at radius 3 is 2.17 bits per heavy atom. The van der Waals surface area contributed by atoms with Crippen LogP contribution in [0.1, 0.15) is 25.8 Å². The number of amidine groups is 1. The van der Waals surface area contributed by atoms with Crippen molar-refractivity contribution in [3.8, 4) is 0 Å². The van der Waals surface area contributed by atoms with E-state index >= 15 is 0 Å². The quantitative estimate of drug-likeness (QED) is 0.686. The number of allylic oxidation sites excluding steroid dienone is 2. The molecule has 0 aromatic heterocycles. The fourth-order valence-corrected chi connectivity index (χ4v) is 4.99. The average molecular weight is 474 g/mol. The van der Waals surface area contributed by atoms with Crippen molar-refractivity contribution in [3.05, 3.63) is 83.8 Å². The number of aliphatic imine (C=N–C) groups is 1. The third-order valence-electron chi connectivity index (χ3n) is 6.99. The molecule has 1 fully saturated rings. The number of anilines is 2. The van der Waals surface area contributed by atoms with Gasteiger partial charge in [-0.2, -0.15) is 0 Å². The third-order valence-corrected chi connectivity index (χ3v) is 6.99. The van der Waals surface area contributed by atoms with E-state index < -0.39 is 0 Å². The van der Waals surface area contributed by atoms with Gasteiger partial charge in [0.2, 0.25) is 5.91 Å². The number of carbonyl (C=O) groups is 1. The van der Waals surface area contributed by atoms with Crippen LogP contribution in [0, 0.1) is 5.82 Å². The monoisotopic (exact) mass is 473 g/mol. The number of piperazine rings is 1. The summed E-state index contributed by atoms with van der Waals surface area (Å²) in [6.07, 6.45) is 6.86. The minimum atomic E-state index is -0.299. The first kappa shape index (κ1) is 23.1. The maximum absolute atomic E-state index is 13.2. The molecule has 1 amide bonds. The first-order valence-corrected chi connectivity index (χ1v) is 12.4. The van der Waals surface area contributed by atoms with E-state index in [1.165, 1.54) is 17.8 Å². The lowest BCUT2D eigenvalue weighted by molar-refractivity contribution is -0.124. The van der Waals surface area contributed by atoms with Crippen LogP contribution in [-0.4, -0.2) is 54.9 Å². The molecule has 7 heteroatoms. The standard InChI is InChI=1S/C28H32FN5O/c1-3-25-27(34-19-20(2)4-13-26(34)31-25)28(35)30-18-21-5-9-23(10-6-21)32-14-16-33(17-15-32)24-11-7-22(29)8-12-24/h4-13,19,25,27H,3,14-18H2,1-2H3,(H,30,35). The number of carbonyl (C=O) groups excluding carboxylic acids is 1. The molecule has 35 heavy (non-hydrogen) atoms. The van der Waals surface area contributed by atoms with Crippen LogP contribution in [-0.2, 0) is 11.3 Å². The SMILES string of the molecule is CCC1N=C2C=CC(C)=CN2C1C(=O)NCc1ccc(N2CCN(c3ccc(F)cc3)CC2)cc1. The zero-order valence-electron chi connectivity index (χ0n) is 20.3. The molecule has 2 aromatic carbocycles. The lowest BCUT2D eigenvalue weighted by Gasteiger charge is -2.37. The number of hydrogen-bond donors (Lipinski definition) is 1. The highest BCUT2D eigenvalue weighted by molar-refractivity contribution is 6.01. The van der Waals surface area contributed by atoms with Crippen molar-refractivity contribution in [2.24, 2.45) is 4.99 Å². The van der Waals surface area contributed by atoms with E-state index in [0.717, 1.165) is 55.3 Å². The van der Waals surface area contributed by atoms with Gasteiger partial charge in [-0.3, -0.25) is 9.79 Å². The van der Waals surface area contributed by atoms with E-state index in [2.05, 4.69) is 46.3 Å². The normalized spacial score (nSPS) is 21.5. The second kappa shape index (κ2) is 9.94. The highest BCUT2D eigenvalue weighted by atomic mass is 19.1. The van der Waals surface area contributed by atoms with Crippen molar-refractivity contribution < 1.29 is 9.18 Å². The van der Waals surface area contributed by atoms with E-state index in [1.54, 1.807) is 0 Å². The first-order valence-electron chi connectivity index (χ1n) is 12.4. The Bertz CT molecular complexity index is 1150. The van der Waals surface area contributed by atoms with E-state index in [1.807, 2.05) is 42.3 Å². The number of fused-ring (bicyclic) bond motifs is 1. The van der Waals surface area contributed by atoms with Crippen LogP contribution in [0.5, 0.6) is 0 Å². The van der Waals surface area contributed by atoms with Crippen LogP contribution in [0.25, 0.3) is 0 Å². The summed E-state index contributed by atoms with van der Waals surface area (Å²) in [6, 6.07) is 14.8. The number of hydrogen-bond acceptors (Lipinski definition) is 5. The molecule has 1 N–H and O–H groups in total. The molecule has 0 saturated carbocycles. The predicted octanol–water partition coefficient (Wildman–Crippen LogP) is 4.10. The Balaban J connectivity index is 1.15. The molecule has 2 atom stereocenters. The third kappa shape index (κ3) is 4.94. The highest BCUT2D eigenvalue weighted by Crippen LogP contribution is 2.26. The van der Waals surface area contributed by atoms with Gasteiger partial charge >= 0.3 is 0 Å². The van der Waals surface area contributed by atoms with E-state index in [9.17, 15) is 9.18 Å². The second-order valence-corrected chi connectivity index (χ2v) is 9.36. The Kier molecular flexibility index (Phi) is 6.57. The van der Waals surface area contributed by atoms with Crippen molar-refractivity contribution in [2.45, 2.75) is 38.9 Å². The van der Waals surface area contributed by atoms with Gasteiger partial charge in [-0.25, -0.2) is 4.39 Å². The van der Waals surface area contributed by atoms with Crippen LogP contribution < -0.4 is 15.1 Å². The summed E-state index contributed by atoms with van der Waals surface area (Å²) < 4.78 is 13.2. The summed E-state index contributed by atoms with van der Waals surface area (Å²) in [5.74, 6) is 0.674. The number of halogens is 1. The Labute approximate surface area is 206 Å². The molecule has 0 bridgehead atoms. The second-order valence-electron chi connectivity index (χ2n) is 9.36. The molecule has 0 radical (unpaired) electrons. The van der Waals surface area contributed by atoms with E-state index in [-0.39, 0.29) is 23.8 Å². The maximum atomic E-state index is 13.2. The van der Waals surface area contributed by atoms with Gasteiger partial charge in [-0.1, -0.05) is 25.1 Å². The minimum Gasteiger partial charge on any atom is -0.368 e. The fourth-order valence-electron chi connectivity index (χ4n) is 4.99. The largest absolute Gasteiger partial charge is 0.368 e. The smallest absolute Gasteiger partial charge is 0.245 e. The maximum Gasteiger partial charge on any atom is 0.245 e. The molecule has 182 valence electrons. The molecular weight excluding hydrogens is 441 g/mol. The molecule has 2 unspecified atom stereocenters. The van der Waals surface area contributed by atoms with Gasteiger partial charge in [0.25, 0.3) is 0 Å². The van der Waals surface area contributed by atoms with E-state index in [0.29, 0.717) is 6.54 Å². The van der Waals surface area contributed by atoms with Crippen molar-refractivity contribution in [3.63, 3.8) is 0 Å². The van der Waals surface area contributed by atoms with Crippen LogP contribution in [0.15, 0.2) is 77.4 Å². The number of nitrogens with zero attached hydrogens (tertiary/aromatic N) is 4. The Morgan fingerprint density at radius 2 is 1.57 bits per heavy atom. The van der Waals surface area contributed by atoms with Crippen LogP contribution in [0.4, 0.5) is 15.8 Å². The average Bonchev–Trinajstić information content (AvgIpc) is 3.26. The first-order chi connectivity index (χ1) is 17.0. The van der Waals surface area contributed by atoms with Crippen molar-refractivity contribution in [1.29, 1.82) is 0 Å². The molecule has 3 aliphatic rings. The van der Waals surface area contributed by atoms with Crippen molar-refractivity contribution in [1.82, 2.24) is 10.2 Å². The molecule has 1 saturated heterocycles. The van der Waals surface area contributed by atoms with Crippen LogP contribution in [0.2, 0.25) is 0 Å². The number of benzene rings is 2. The molecule has 0 aliphatic carbocycles. The molecule has 0 spiro atoms. The fraction of sp³-hybridized carbons (Fsp3) is 0.357. The molecule has 6 nitrogen and oxygen atoms in total. The van der Waals surface area contributed by atoms with Crippen molar-refractivity contribution >= 4 is 23.1 Å². The zero-order chi connectivity index (χ0) is 24.4. The number of rotatable bonds is 6. The van der Waals surface area contributed by atoms with Gasteiger partial charge in [0.05, 0.1) is 6.04 Å². The van der Waals surface area contributed by atoms with Gasteiger partial charge in [-0.15, -0.1) is 0 Å². The summed E-state index contributed by atoms with van der Waals surface area (Å²) in [6.45, 7) is 8.21. The molecule has 5 rings (SSSR count). The number of nitrogens with one attached hydrogen (secondary N) is 1. The predicted molar refractivity (Wildman–Crippen MR) is 139 cm³/mol. The topological polar surface area (TPSA) is 51.2 Å². The molecular formula is C28H32FN5O. The zero-order valence-corrected chi connectivity index (χ0v) is 20.3. The highest BCUT2D eigenvalue weighted by Gasteiger charge is 2.39. The lowest BCUT2D eigenvalue weighted by Crippen LogP contribution is -2.48. The van der Waals surface area contributed by atoms with Gasteiger partial charge in [0.1, 0.15) is 17.7 Å². The van der Waals surface area contributed by atoms with Gasteiger partial charge in [0, 0.05) is 50.3 Å². The molecule has 3 aliphatic heterocycles. The summed E-state index contributed by atoms with van der Waals surface area (Å²) in [5, 5.41) is 3.13. The lowest BCUT2D eigenvalue weighted by atomic mass is 10.0. The molecule has 3 heterocycles. The summed E-state index contributed by atoms with van der Waals surface area (Å²) in [4.78, 5) is 24.5. The van der Waals surface area contributed by atoms with Crippen LogP contribution in [0.3, 0.4) is 0 Å². The Morgan fingerprint density at radius 1 is 0.971 bits per heavy atom. The summed E-state index contributed by atoms with van der Waals surface area (Å²) in [5.41, 5.74) is 4.44. The van der Waals surface area contributed by atoms with Gasteiger partial charge < -0.3 is 20.0 Å².